The van der Waals surface area contributed by atoms with Crippen LogP contribution < -0.4 is 0 Å². The number of rotatable bonds is 0. The van der Waals surface area contributed by atoms with Gasteiger partial charge in [-0.05, 0) is 101 Å². The Hall–Kier alpha value is -4.39. The Morgan fingerprint density at radius 2 is 0.921 bits per heavy atom. The second-order valence-electron chi connectivity index (χ2n) is 10.6. The normalized spacial score (nSPS) is 14.1. The van der Waals surface area contributed by atoms with Gasteiger partial charge in [-0.3, -0.25) is 0 Å². The van der Waals surface area contributed by atoms with Crippen LogP contribution in [0.5, 0.6) is 0 Å². The van der Waals surface area contributed by atoms with Gasteiger partial charge >= 0.3 is 0 Å². The van der Waals surface area contributed by atoms with Gasteiger partial charge in [-0.25, -0.2) is 0 Å². The summed E-state index contributed by atoms with van der Waals surface area (Å²) in [5, 5.41) is 8.45. The summed E-state index contributed by atoms with van der Waals surface area (Å²) in [4.78, 5) is 0. The number of fused-ring (bicyclic) bond motifs is 15. The van der Waals surface area contributed by atoms with Crippen molar-refractivity contribution in [1.82, 2.24) is 0 Å². The Balaban J connectivity index is 1.57. The molecule has 9 rings (SSSR count). The molecule has 0 atom stereocenters. The molecule has 0 aliphatic heterocycles. The van der Waals surface area contributed by atoms with Crippen LogP contribution in [0.25, 0.3) is 54.6 Å². The molecule has 7 aromatic carbocycles. The van der Waals surface area contributed by atoms with Crippen LogP contribution in [0.2, 0.25) is 5.02 Å². The van der Waals surface area contributed by atoms with Crippen LogP contribution in [-0.4, -0.2) is 0 Å². The van der Waals surface area contributed by atoms with Crippen molar-refractivity contribution in [3.63, 3.8) is 0 Å². The van der Waals surface area contributed by atoms with Gasteiger partial charge in [0.1, 0.15) is 0 Å². The number of benzene rings is 7. The second-order valence-corrected chi connectivity index (χ2v) is 11.0. The van der Waals surface area contributed by atoms with Gasteiger partial charge in [-0.15, -0.1) is 0 Å². The van der Waals surface area contributed by atoms with Gasteiger partial charge in [0.05, 0.1) is 5.41 Å². The highest BCUT2D eigenvalue weighted by atomic mass is 35.5. The van der Waals surface area contributed by atoms with Crippen molar-refractivity contribution in [2.75, 3.05) is 0 Å². The van der Waals surface area contributed by atoms with Crippen LogP contribution in [-0.2, 0) is 5.41 Å². The molecule has 2 aliphatic rings. The van der Waals surface area contributed by atoms with Crippen molar-refractivity contribution in [2.24, 2.45) is 0 Å². The number of halogens is 1. The van der Waals surface area contributed by atoms with Crippen LogP contribution in [0.4, 0.5) is 0 Å². The third kappa shape index (κ3) is 2.38. The van der Waals surface area contributed by atoms with E-state index in [0.29, 0.717) is 0 Å². The molecule has 0 amide bonds. The minimum atomic E-state index is -0.432. The lowest BCUT2D eigenvalue weighted by Crippen LogP contribution is -2.26. The first-order valence-corrected chi connectivity index (χ1v) is 13.5. The van der Waals surface area contributed by atoms with Crippen LogP contribution in [0.1, 0.15) is 22.3 Å². The molecule has 0 fully saturated rings. The zero-order valence-corrected chi connectivity index (χ0v) is 21.3. The van der Waals surface area contributed by atoms with E-state index in [4.69, 9.17) is 11.6 Å². The summed E-state index contributed by atoms with van der Waals surface area (Å²) < 4.78 is 0. The van der Waals surface area contributed by atoms with E-state index in [0.717, 1.165) is 5.02 Å². The average Bonchev–Trinajstić information content (AvgIpc) is 3.42. The predicted octanol–water partition coefficient (Wildman–Crippen LogP) is 10.1. The SMILES string of the molecule is Clc1ccc2c(c1)C1(c3cc4ccccc4cc3-2)c2ccc3ccccc3c2-c2c1ccc1ccccc21. The highest BCUT2D eigenvalue weighted by Crippen LogP contribution is 2.65. The van der Waals surface area contributed by atoms with E-state index < -0.39 is 5.41 Å². The van der Waals surface area contributed by atoms with Crippen LogP contribution >= 0.6 is 11.6 Å². The standard InChI is InChI=1S/C37H21Cl/c38-26-15-16-29-30-19-24-9-1-2-10-25(24)20-33(30)37(34(29)21-26)31-17-13-22-7-3-5-11-27(22)35(31)36-28-12-6-4-8-23(28)14-18-32(36)37/h1-21H. The summed E-state index contributed by atoms with van der Waals surface area (Å²) >= 11 is 6.78. The summed E-state index contributed by atoms with van der Waals surface area (Å²) in [5.74, 6) is 0. The molecule has 0 N–H and O–H groups in total. The largest absolute Gasteiger partial charge is 0.0843 e. The third-order valence-corrected chi connectivity index (χ3v) is 9.12. The Kier molecular flexibility index (Phi) is 3.87. The summed E-state index contributed by atoms with van der Waals surface area (Å²) in [6, 6.07) is 47.0. The van der Waals surface area contributed by atoms with E-state index in [1.807, 2.05) is 6.07 Å². The minimum Gasteiger partial charge on any atom is -0.0843 e. The highest BCUT2D eigenvalue weighted by molar-refractivity contribution is 6.31. The number of hydrogen-bond donors (Lipinski definition) is 0. The van der Waals surface area contributed by atoms with Gasteiger partial charge < -0.3 is 0 Å². The summed E-state index contributed by atoms with van der Waals surface area (Å²) in [6.45, 7) is 0. The van der Waals surface area contributed by atoms with Gasteiger partial charge in [-0.2, -0.15) is 0 Å². The smallest absolute Gasteiger partial charge is 0.0726 e. The van der Waals surface area contributed by atoms with Crippen molar-refractivity contribution < 1.29 is 0 Å². The van der Waals surface area contributed by atoms with E-state index in [1.165, 1.54) is 76.8 Å². The summed E-state index contributed by atoms with van der Waals surface area (Å²) in [7, 11) is 0. The Bertz CT molecular complexity index is 2060. The molecular weight excluding hydrogens is 480 g/mol. The second kappa shape index (κ2) is 7.13. The molecule has 0 nitrogen and oxygen atoms in total. The van der Waals surface area contributed by atoms with E-state index in [-0.39, 0.29) is 0 Å². The van der Waals surface area contributed by atoms with Crippen LogP contribution in [0.3, 0.4) is 0 Å². The maximum Gasteiger partial charge on any atom is 0.0726 e. The molecule has 1 spiro atoms. The monoisotopic (exact) mass is 500 g/mol. The molecular formula is C37H21Cl. The zero-order valence-electron chi connectivity index (χ0n) is 20.5. The minimum absolute atomic E-state index is 0.432. The molecule has 0 heterocycles. The van der Waals surface area contributed by atoms with Gasteiger partial charge in [0.2, 0.25) is 0 Å². The van der Waals surface area contributed by atoms with Crippen LogP contribution in [0.15, 0.2) is 127 Å². The van der Waals surface area contributed by atoms with Crippen molar-refractivity contribution in [1.29, 1.82) is 0 Å². The van der Waals surface area contributed by atoms with Gasteiger partial charge in [-0.1, -0.05) is 115 Å². The average molecular weight is 501 g/mol. The molecule has 0 bridgehead atoms. The first-order chi connectivity index (χ1) is 18.7. The van der Waals surface area contributed by atoms with Crippen molar-refractivity contribution >= 4 is 43.9 Å². The molecule has 1 heteroatoms. The summed E-state index contributed by atoms with van der Waals surface area (Å²) in [6.07, 6.45) is 0. The lowest BCUT2D eigenvalue weighted by molar-refractivity contribution is 0.796. The topological polar surface area (TPSA) is 0 Å². The third-order valence-electron chi connectivity index (χ3n) is 8.88. The molecule has 38 heavy (non-hydrogen) atoms. The lowest BCUT2D eigenvalue weighted by atomic mass is 9.70. The van der Waals surface area contributed by atoms with Gasteiger partial charge in [0, 0.05) is 5.02 Å². The quantitative estimate of drug-likeness (QED) is 0.194. The molecule has 0 unspecified atom stereocenters. The summed E-state index contributed by atoms with van der Waals surface area (Å²) in [5.41, 5.74) is 10.2. The maximum absolute atomic E-state index is 6.78. The predicted molar refractivity (Wildman–Crippen MR) is 160 cm³/mol. The van der Waals surface area contributed by atoms with E-state index in [1.54, 1.807) is 0 Å². The molecule has 0 saturated heterocycles. The Morgan fingerprint density at radius 3 is 1.55 bits per heavy atom. The first-order valence-electron chi connectivity index (χ1n) is 13.1. The van der Waals surface area contributed by atoms with Gasteiger partial charge in [0.15, 0.2) is 0 Å². The fourth-order valence-corrected chi connectivity index (χ4v) is 7.58. The van der Waals surface area contributed by atoms with Crippen molar-refractivity contribution in [3.8, 4) is 22.3 Å². The number of hydrogen-bond acceptors (Lipinski definition) is 0. The van der Waals surface area contributed by atoms with Crippen molar-refractivity contribution in [3.05, 3.63) is 155 Å². The Labute approximate surface area is 225 Å². The molecule has 0 saturated carbocycles. The van der Waals surface area contributed by atoms with E-state index >= 15 is 0 Å². The molecule has 0 aromatic heterocycles. The molecule has 176 valence electrons. The highest BCUT2D eigenvalue weighted by Gasteiger charge is 2.52. The maximum atomic E-state index is 6.78. The lowest BCUT2D eigenvalue weighted by Gasteiger charge is -2.31. The fourth-order valence-electron chi connectivity index (χ4n) is 7.41. The Morgan fingerprint density at radius 1 is 0.395 bits per heavy atom. The fraction of sp³-hybridized carbons (Fsp3) is 0.0270. The molecule has 2 aliphatic carbocycles. The van der Waals surface area contributed by atoms with Gasteiger partial charge in [0.25, 0.3) is 0 Å². The molecule has 0 radical (unpaired) electrons. The van der Waals surface area contributed by atoms with Crippen LogP contribution in [0, 0.1) is 0 Å². The molecule has 7 aromatic rings. The zero-order chi connectivity index (χ0) is 25.0. The van der Waals surface area contributed by atoms with Crippen molar-refractivity contribution in [2.45, 2.75) is 5.41 Å². The first kappa shape index (κ1) is 20.6. The van der Waals surface area contributed by atoms with E-state index in [9.17, 15) is 0 Å². The van der Waals surface area contributed by atoms with E-state index in [2.05, 4.69) is 121 Å².